The van der Waals surface area contributed by atoms with E-state index < -0.39 is 0 Å². The highest BCUT2D eigenvalue weighted by atomic mass is 35.5. The van der Waals surface area contributed by atoms with Crippen molar-refractivity contribution in [3.63, 3.8) is 0 Å². The maximum atomic E-state index is 11.9. The number of nitrogens with zero attached hydrogens (tertiary/aromatic N) is 2. The molecule has 0 aliphatic rings. The van der Waals surface area contributed by atoms with E-state index in [-0.39, 0.29) is 11.7 Å². The second-order valence-electron chi connectivity index (χ2n) is 4.89. The first-order valence-corrected chi connectivity index (χ1v) is 7.13. The molecule has 5 nitrogen and oxygen atoms in total. The molecule has 3 aromatic rings. The van der Waals surface area contributed by atoms with E-state index in [4.69, 9.17) is 16.0 Å². The first kappa shape index (κ1) is 14.4. The van der Waals surface area contributed by atoms with Crippen molar-refractivity contribution in [3.8, 4) is 0 Å². The molecule has 3 rings (SSSR count). The molecule has 22 heavy (non-hydrogen) atoms. The number of carbonyl (C=O) groups excluding carboxylic acids is 1. The van der Waals surface area contributed by atoms with E-state index in [1.54, 1.807) is 12.1 Å². The molecule has 0 spiro atoms. The van der Waals surface area contributed by atoms with Gasteiger partial charge in [-0.3, -0.25) is 9.48 Å². The molecule has 112 valence electrons. The zero-order valence-corrected chi connectivity index (χ0v) is 12.7. The van der Waals surface area contributed by atoms with Gasteiger partial charge in [0.2, 0.25) is 0 Å². The summed E-state index contributed by atoms with van der Waals surface area (Å²) in [6.07, 6.45) is 1.46. The van der Waals surface area contributed by atoms with Gasteiger partial charge in [-0.25, -0.2) is 0 Å². The van der Waals surface area contributed by atoms with Crippen molar-refractivity contribution in [2.75, 3.05) is 5.32 Å². The van der Waals surface area contributed by atoms with Crippen LogP contribution in [0, 0.1) is 6.92 Å². The van der Waals surface area contributed by atoms with Crippen LogP contribution >= 0.6 is 11.6 Å². The van der Waals surface area contributed by atoms with Crippen LogP contribution in [0.25, 0.3) is 0 Å². The number of anilines is 1. The highest BCUT2D eigenvalue weighted by Crippen LogP contribution is 2.14. The summed E-state index contributed by atoms with van der Waals surface area (Å²) in [5.74, 6) is 0.430. The summed E-state index contributed by atoms with van der Waals surface area (Å²) >= 11 is 5.88. The second-order valence-corrected chi connectivity index (χ2v) is 5.32. The number of aryl methyl sites for hydroxylation is 1. The Morgan fingerprint density at radius 2 is 2.09 bits per heavy atom. The van der Waals surface area contributed by atoms with Crippen LogP contribution in [0.2, 0.25) is 5.02 Å². The molecule has 0 unspecified atom stereocenters. The van der Waals surface area contributed by atoms with Crippen LogP contribution in [0.1, 0.15) is 21.8 Å². The maximum absolute atomic E-state index is 11.9. The lowest BCUT2D eigenvalue weighted by atomic mass is 10.2. The Morgan fingerprint density at radius 1 is 1.32 bits per heavy atom. The van der Waals surface area contributed by atoms with Gasteiger partial charge < -0.3 is 9.73 Å². The molecule has 1 aromatic carbocycles. The summed E-state index contributed by atoms with van der Waals surface area (Å²) in [5, 5.41) is 7.80. The fraction of sp³-hybridized carbons (Fsp3) is 0.125. The van der Waals surface area contributed by atoms with Gasteiger partial charge in [0.15, 0.2) is 11.6 Å². The molecule has 0 radical (unpaired) electrons. The van der Waals surface area contributed by atoms with E-state index in [2.05, 4.69) is 10.4 Å². The maximum Gasteiger partial charge on any atom is 0.292 e. The zero-order chi connectivity index (χ0) is 15.5. The minimum atomic E-state index is -0.318. The fourth-order valence-electron chi connectivity index (χ4n) is 2.08. The van der Waals surface area contributed by atoms with E-state index >= 15 is 0 Å². The zero-order valence-electron chi connectivity index (χ0n) is 11.9. The molecule has 0 atom stereocenters. The van der Waals surface area contributed by atoms with Crippen LogP contribution in [-0.4, -0.2) is 15.7 Å². The third-order valence-electron chi connectivity index (χ3n) is 3.21. The number of halogens is 1. The van der Waals surface area contributed by atoms with Gasteiger partial charge in [0.25, 0.3) is 5.91 Å². The van der Waals surface area contributed by atoms with Crippen LogP contribution in [0.5, 0.6) is 0 Å². The predicted molar refractivity (Wildman–Crippen MR) is 84.2 cm³/mol. The van der Waals surface area contributed by atoms with E-state index in [0.717, 1.165) is 11.3 Å². The van der Waals surface area contributed by atoms with Crippen LogP contribution < -0.4 is 5.32 Å². The number of amides is 1. The highest BCUT2D eigenvalue weighted by Gasteiger charge is 2.12. The standard InChI is InChI=1S/C16H14ClN3O2/c1-11-9-15(18-16(21)14-3-2-8-22-14)19-20(11)10-12-4-6-13(17)7-5-12/h2-9H,10H2,1H3,(H,18,19,21). The van der Waals surface area contributed by atoms with Gasteiger partial charge in [0.05, 0.1) is 12.8 Å². The minimum Gasteiger partial charge on any atom is -0.459 e. The minimum absolute atomic E-state index is 0.255. The Kier molecular flexibility index (Phi) is 3.98. The van der Waals surface area contributed by atoms with Crippen molar-refractivity contribution in [1.29, 1.82) is 0 Å². The van der Waals surface area contributed by atoms with Crippen molar-refractivity contribution in [3.05, 3.63) is 70.8 Å². The van der Waals surface area contributed by atoms with Gasteiger partial charge in [-0.1, -0.05) is 23.7 Å². The van der Waals surface area contributed by atoms with Gasteiger partial charge in [-0.2, -0.15) is 5.10 Å². The smallest absolute Gasteiger partial charge is 0.292 e. The van der Waals surface area contributed by atoms with Crippen molar-refractivity contribution < 1.29 is 9.21 Å². The third kappa shape index (κ3) is 3.20. The van der Waals surface area contributed by atoms with Crippen molar-refractivity contribution in [2.24, 2.45) is 0 Å². The highest BCUT2D eigenvalue weighted by molar-refractivity contribution is 6.30. The lowest BCUT2D eigenvalue weighted by molar-refractivity contribution is 0.0996. The summed E-state index contributed by atoms with van der Waals surface area (Å²) < 4.78 is 6.87. The van der Waals surface area contributed by atoms with Crippen LogP contribution in [-0.2, 0) is 6.54 Å². The number of hydrogen-bond acceptors (Lipinski definition) is 3. The molecule has 0 aliphatic heterocycles. The van der Waals surface area contributed by atoms with Gasteiger partial charge in [0, 0.05) is 16.8 Å². The summed E-state index contributed by atoms with van der Waals surface area (Å²) in [6.45, 7) is 2.55. The van der Waals surface area contributed by atoms with Crippen LogP contribution in [0.3, 0.4) is 0 Å². The quantitative estimate of drug-likeness (QED) is 0.798. The molecule has 1 N–H and O–H groups in total. The van der Waals surface area contributed by atoms with Gasteiger partial charge >= 0.3 is 0 Å². The van der Waals surface area contributed by atoms with Gasteiger partial charge in [-0.05, 0) is 36.8 Å². The molecular weight excluding hydrogens is 302 g/mol. The Balaban J connectivity index is 1.73. The normalized spacial score (nSPS) is 10.6. The number of rotatable bonds is 4. The van der Waals surface area contributed by atoms with E-state index in [1.807, 2.05) is 41.9 Å². The van der Waals surface area contributed by atoms with E-state index in [9.17, 15) is 4.79 Å². The van der Waals surface area contributed by atoms with Crippen LogP contribution in [0.4, 0.5) is 5.82 Å². The lowest BCUT2D eigenvalue weighted by Gasteiger charge is -2.04. The summed E-state index contributed by atoms with van der Waals surface area (Å²) in [4.78, 5) is 11.9. The summed E-state index contributed by atoms with van der Waals surface area (Å²) in [5.41, 5.74) is 2.03. The van der Waals surface area contributed by atoms with E-state index in [0.29, 0.717) is 17.4 Å². The molecule has 1 amide bonds. The Hall–Kier alpha value is -2.53. The molecule has 2 aromatic heterocycles. The Morgan fingerprint density at radius 3 is 2.77 bits per heavy atom. The number of furan rings is 1. The molecule has 0 saturated carbocycles. The fourth-order valence-corrected chi connectivity index (χ4v) is 2.21. The molecular formula is C16H14ClN3O2. The Bertz CT molecular complexity index is 776. The molecule has 0 bridgehead atoms. The summed E-state index contributed by atoms with van der Waals surface area (Å²) in [6, 6.07) is 12.7. The van der Waals surface area contributed by atoms with Crippen molar-refractivity contribution >= 4 is 23.3 Å². The number of carbonyl (C=O) groups is 1. The number of nitrogens with one attached hydrogen (secondary N) is 1. The van der Waals surface area contributed by atoms with Crippen LogP contribution in [0.15, 0.2) is 53.1 Å². The Labute approximate surface area is 132 Å². The SMILES string of the molecule is Cc1cc(NC(=O)c2ccco2)nn1Cc1ccc(Cl)cc1. The second kappa shape index (κ2) is 6.07. The molecule has 0 fully saturated rings. The molecule has 6 heteroatoms. The lowest BCUT2D eigenvalue weighted by Crippen LogP contribution is -2.12. The first-order chi connectivity index (χ1) is 10.6. The topological polar surface area (TPSA) is 60.1 Å². The average molecular weight is 316 g/mol. The number of hydrogen-bond donors (Lipinski definition) is 1. The average Bonchev–Trinajstić information content (AvgIpc) is 3.12. The molecule has 2 heterocycles. The number of benzene rings is 1. The summed E-state index contributed by atoms with van der Waals surface area (Å²) in [7, 11) is 0. The van der Waals surface area contributed by atoms with Gasteiger partial charge in [0.1, 0.15) is 0 Å². The monoisotopic (exact) mass is 315 g/mol. The van der Waals surface area contributed by atoms with Gasteiger partial charge in [-0.15, -0.1) is 0 Å². The largest absolute Gasteiger partial charge is 0.459 e. The van der Waals surface area contributed by atoms with Crippen molar-refractivity contribution in [2.45, 2.75) is 13.5 Å². The molecule has 0 saturated heterocycles. The number of aromatic nitrogens is 2. The predicted octanol–water partition coefficient (Wildman–Crippen LogP) is 3.74. The molecule has 0 aliphatic carbocycles. The van der Waals surface area contributed by atoms with E-state index in [1.165, 1.54) is 6.26 Å². The third-order valence-corrected chi connectivity index (χ3v) is 3.47. The first-order valence-electron chi connectivity index (χ1n) is 6.75. The van der Waals surface area contributed by atoms with Crippen molar-refractivity contribution in [1.82, 2.24) is 9.78 Å².